The van der Waals surface area contributed by atoms with Gasteiger partial charge in [0, 0.05) is 56.5 Å². The van der Waals surface area contributed by atoms with Crippen LogP contribution in [-0.4, -0.2) is 80.3 Å². The van der Waals surface area contributed by atoms with Crippen LogP contribution >= 0.6 is 0 Å². The van der Waals surface area contributed by atoms with E-state index in [4.69, 9.17) is 19.4 Å². The molecule has 0 fully saturated rings. The summed E-state index contributed by atoms with van der Waals surface area (Å²) in [5.74, 6) is 0.0972. The molecular formula is C33H58AlLiN4O3. The van der Waals surface area contributed by atoms with Gasteiger partial charge in [-0.15, -0.1) is 0 Å². The van der Waals surface area contributed by atoms with E-state index in [0.29, 0.717) is 19.6 Å². The summed E-state index contributed by atoms with van der Waals surface area (Å²) in [4.78, 5) is 21.1. The molecule has 0 aromatic carbocycles. The Labute approximate surface area is 279 Å². The SMILES string of the molecule is C.COCCNC(=O)CCCc1ccc2c(n1)CCCC2.COCCNCCCCc1ccc2c(n1)CCCC2.[AlH3].[H-].[Li+]. The van der Waals surface area contributed by atoms with E-state index < -0.39 is 0 Å². The van der Waals surface area contributed by atoms with Crippen molar-refractivity contribution in [3.63, 3.8) is 0 Å². The Bertz CT molecular complexity index is 1000. The predicted molar refractivity (Wildman–Crippen MR) is 175 cm³/mol. The van der Waals surface area contributed by atoms with Gasteiger partial charge in [0.1, 0.15) is 0 Å². The number of ether oxygens (including phenoxy) is 2. The maximum Gasteiger partial charge on any atom is 1.00 e. The summed E-state index contributed by atoms with van der Waals surface area (Å²) < 4.78 is 9.89. The molecule has 2 N–H and O–H groups in total. The van der Waals surface area contributed by atoms with Crippen LogP contribution in [0.25, 0.3) is 0 Å². The number of hydrogen-bond acceptors (Lipinski definition) is 6. The van der Waals surface area contributed by atoms with Crippen LogP contribution in [0.2, 0.25) is 0 Å². The van der Waals surface area contributed by atoms with E-state index in [1.807, 2.05) is 0 Å². The van der Waals surface area contributed by atoms with Gasteiger partial charge >= 0.3 is 18.9 Å². The van der Waals surface area contributed by atoms with Crippen LogP contribution in [0.15, 0.2) is 24.3 Å². The molecule has 0 bridgehead atoms. The van der Waals surface area contributed by atoms with Crippen molar-refractivity contribution >= 4 is 23.3 Å². The number of rotatable bonds is 15. The van der Waals surface area contributed by atoms with Gasteiger partial charge in [-0.2, -0.15) is 0 Å². The summed E-state index contributed by atoms with van der Waals surface area (Å²) in [6, 6.07) is 8.86. The number of methoxy groups -OCH3 is 2. The summed E-state index contributed by atoms with van der Waals surface area (Å²) in [6.07, 6.45) is 15.7. The Kier molecular flexibility index (Phi) is 24.4. The Morgan fingerprint density at radius 3 is 1.86 bits per heavy atom. The number of nitrogens with one attached hydrogen (secondary N) is 2. The second-order valence-corrected chi connectivity index (χ2v) is 10.6. The standard InChI is InChI=1S/C16H24N2O2.C16H26N2O.CH4.Al.Li.4H/c1-20-12-11-17-16(19)8-4-6-14-10-9-13-5-2-3-7-15(13)18-14;1-19-13-12-17-11-5-4-7-15-10-9-14-6-2-3-8-16(14)18-15;;;;;;;/h9-10H,2-8,11-12H2,1H3,(H,17,19);9-10,17H,2-8,11-13H2,1H3;1H4;;;;;;/q;;;;+1;;;;-1. The molecule has 0 atom stereocenters. The topological polar surface area (TPSA) is 85.4 Å². The van der Waals surface area contributed by atoms with Crippen molar-refractivity contribution in [3.05, 3.63) is 58.2 Å². The molecule has 0 unspecified atom stereocenters. The van der Waals surface area contributed by atoms with E-state index >= 15 is 0 Å². The van der Waals surface area contributed by atoms with Gasteiger partial charge in [-0.05, 0) is 113 Å². The Morgan fingerprint density at radius 2 is 1.29 bits per heavy atom. The third kappa shape index (κ3) is 16.0. The maximum absolute atomic E-state index is 11.6. The van der Waals surface area contributed by atoms with Crippen molar-refractivity contribution < 1.29 is 34.6 Å². The fraction of sp³-hybridized carbons (Fsp3) is 0.667. The molecule has 0 saturated heterocycles. The first kappa shape index (κ1) is 40.8. The monoisotopic (exact) mass is 592 g/mol. The first-order valence-electron chi connectivity index (χ1n) is 15.1. The smallest absolute Gasteiger partial charge is 1.00 e. The largest absolute Gasteiger partial charge is 1.00 e. The van der Waals surface area contributed by atoms with Gasteiger partial charge in [0.2, 0.25) is 5.91 Å². The second-order valence-electron chi connectivity index (χ2n) is 10.6. The number of nitrogens with zero attached hydrogens (tertiary/aromatic N) is 2. The summed E-state index contributed by atoms with van der Waals surface area (Å²) in [7, 11) is 3.37. The fourth-order valence-electron chi connectivity index (χ4n) is 5.20. The van der Waals surface area contributed by atoms with Crippen LogP contribution in [-0.2, 0) is 52.8 Å². The summed E-state index contributed by atoms with van der Waals surface area (Å²) in [5, 5.41) is 6.21. The van der Waals surface area contributed by atoms with Crippen molar-refractivity contribution in [1.82, 2.24) is 20.6 Å². The van der Waals surface area contributed by atoms with Crippen molar-refractivity contribution in [2.75, 3.05) is 47.1 Å². The molecule has 0 spiro atoms. The number of pyridine rings is 2. The van der Waals surface area contributed by atoms with Crippen molar-refractivity contribution in [2.24, 2.45) is 0 Å². The van der Waals surface area contributed by atoms with E-state index in [0.717, 1.165) is 51.1 Å². The molecule has 2 aromatic rings. The van der Waals surface area contributed by atoms with Crippen molar-refractivity contribution in [1.29, 1.82) is 0 Å². The van der Waals surface area contributed by atoms with Gasteiger partial charge in [-0.3, -0.25) is 14.8 Å². The molecule has 0 radical (unpaired) electrons. The van der Waals surface area contributed by atoms with Crippen LogP contribution in [0.4, 0.5) is 0 Å². The zero-order valence-corrected chi connectivity index (χ0v) is 25.4. The average molecular weight is 593 g/mol. The number of amides is 1. The van der Waals surface area contributed by atoms with Crippen LogP contribution in [0.1, 0.15) is 94.1 Å². The fourth-order valence-corrected chi connectivity index (χ4v) is 5.20. The number of aromatic nitrogens is 2. The van der Waals surface area contributed by atoms with Gasteiger partial charge in [-0.1, -0.05) is 19.6 Å². The third-order valence-corrected chi connectivity index (χ3v) is 7.46. The van der Waals surface area contributed by atoms with Crippen molar-refractivity contribution in [2.45, 2.75) is 97.3 Å². The number of carbonyl (C=O) groups is 1. The molecule has 2 aliphatic carbocycles. The van der Waals surface area contributed by atoms with E-state index in [1.165, 1.54) is 86.0 Å². The van der Waals surface area contributed by atoms with Crippen LogP contribution in [0.5, 0.6) is 0 Å². The van der Waals surface area contributed by atoms with E-state index in [1.54, 1.807) is 14.2 Å². The van der Waals surface area contributed by atoms with Crippen LogP contribution in [0.3, 0.4) is 0 Å². The minimum atomic E-state index is 0. The summed E-state index contributed by atoms with van der Waals surface area (Å²) in [6.45, 7) is 3.98. The number of unbranched alkanes of at least 4 members (excludes halogenated alkanes) is 1. The number of fused-ring (bicyclic) bond motifs is 2. The van der Waals surface area contributed by atoms with E-state index in [9.17, 15) is 4.79 Å². The van der Waals surface area contributed by atoms with Crippen molar-refractivity contribution in [3.8, 4) is 0 Å². The summed E-state index contributed by atoms with van der Waals surface area (Å²) >= 11 is 0. The van der Waals surface area contributed by atoms with Gasteiger partial charge in [-0.25, -0.2) is 0 Å². The number of aryl methyl sites for hydroxylation is 6. The van der Waals surface area contributed by atoms with E-state index in [2.05, 4.69) is 34.9 Å². The molecule has 42 heavy (non-hydrogen) atoms. The second kappa shape index (κ2) is 25.1. The molecule has 9 heteroatoms. The first-order chi connectivity index (χ1) is 19.2. The average Bonchev–Trinajstić information content (AvgIpc) is 2.97. The van der Waals surface area contributed by atoms with Crippen LogP contribution < -0.4 is 29.5 Å². The minimum Gasteiger partial charge on any atom is -1.00 e. The number of hydrogen-bond donors (Lipinski definition) is 2. The molecule has 0 aliphatic heterocycles. The normalized spacial score (nSPS) is 13.1. The molecule has 232 valence electrons. The number of carbonyl (C=O) groups excluding carboxylic acids is 1. The molecule has 2 aliphatic rings. The quantitative estimate of drug-likeness (QED) is 0.238. The zero-order chi connectivity index (χ0) is 27.5. The zero-order valence-electron chi connectivity index (χ0n) is 26.4. The van der Waals surface area contributed by atoms with Gasteiger partial charge < -0.3 is 21.5 Å². The minimum absolute atomic E-state index is 0. The van der Waals surface area contributed by atoms with Gasteiger partial charge in [0.15, 0.2) is 17.4 Å². The molecule has 2 heterocycles. The maximum atomic E-state index is 11.6. The molecule has 4 rings (SSSR count). The third-order valence-electron chi connectivity index (χ3n) is 7.46. The molecule has 2 aromatic heterocycles. The van der Waals surface area contributed by atoms with Gasteiger partial charge in [0.05, 0.1) is 13.2 Å². The molecule has 1 amide bonds. The Balaban J connectivity index is 0. The predicted octanol–water partition coefficient (Wildman–Crippen LogP) is 1.13. The molecule has 7 nitrogen and oxygen atoms in total. The van der Waals surface area contributed by atoms with Crippen LogP contribution in [0, 0.1) is 0 Å². The van der Waals surface area contributed by atoms with Gasteiger partial charge in [0.25, 0.3) is 0 Å². The molecule has 0 saturated carbocycles. The Hall–Kier alpha value is -1.22. The first-order valence-corrected chi connectivity index (χ1v) is 15.1. The molecular weight excluding hydrogens is 534 g/mol. The van der Waals surface area contributed by atoms with E-state index in [-0.39, 0.29) is 51.0 Å². The summed E-state index contributed by atoms with van der Waals surface area (Å²) in [5.41, 5.74) is 7.93. The Morgan fingerprint density at radius 1 is 0.762 bits per heavy atom.